The third kappa shape index (κ3) is 2.34. The van der Waals surface area contributed by atoms with Crippen LogP contribution in [0.1, 0.15) is 11.4 Å². The summed E-state index contributed by atoms with van der Waals surface area (Å²) in [5.41, 5.74) is 1.03. The van der Waals surface area contributed by atoms with Gasteiger partial charge in [-0.05, 0) is 18.6 Å². The molecule has 0 amide bonds. The average molecular weight is 249 g/mol. The Morgan fingerprint density at radius 1 is 1.47 bits per heavy atom. The molecule has 2 unspecified atom stereocenters. The van der Waals surface area contributed by atoms with E-state index in [9.17, 15) is 5.11 Å². The summed E-state index contributed by atoms with van der Waals surface area (Å²) in [6.07, 6.45) is 1.29. The maximum absolute atomic E-state index is 10.1. The van der Waals surface area contributed by atoms with Crippen LogP contribution in [0.15, 0.2) is 24.3 Å². The highest BCUT2D eigenvalue weighted by molar-refractivity contribution is 7.18. The third-order valence-corrected chi connectivity index (χ3v) is 4.29. The van der Waals surface area contributed by atoms with Crippen LogP contribution in [0, 0.1) is 5.92 Å². The summed E-state index contributed by atoms with van der Waals surface area (Å²) in [5.74, 6) is 0.280. The number of para-hydroxylation sites is 1. The van der Waals surface area contributed by atoms with E-state index in [0.717, 1.165) is 23.6 Å². The normalized spacial score (nSPS) is 22.1. The SMILES string of the molecule is OC(Cc1nc2ccccc2s1)C1CCOC1. The van der Waals surface area contributed by atoms with E-state index in [1.54, 1.807) is 11.3 Å². The first-order valence-corrected chi connectivity index (χ1v) is 6.75. The number of aromatic nitrogens is 1. The van der Waals surface area contributed by atoms with Crippen molar-refractivity contribution in [1.82, 2.24) is 4.98 Å². The molecule has 1 aromatic carbocycles. The number of ether oxygens (including phenoxy) is 1. The van der Waals surface area contributed by atoms with Gasteiger partial charge in [-0.2, -0.15) is 0 Å². The van der Waals surface area contributed by atoms with Gasteiger partial charge in [0.1, 0.15) is 0 Å². The number of thiazole rings is 1. The molecule has 3 nitrogen and oxygen atoms in total. The maximum atomic E-state index is 10.1. The fourth-order valence-electron chi connectivity index (χ4n) is 2.21. The largest absolute Gasteiger partial charge is 0.392 e. The first-order valence-electron chi connectivity index (χ1n) is 5.93. The molecule has 1 aromatic heterocycles. The zero-order chi connectivity index (χ0) is 11.7. The van der Waals surface area contributed by atoms with Crippen LogP contribution in [0.5, 0.6) is 0 Å². The fraction of sp³-hybridized carbons (Fsp3) is 0.462. The summed E-state index contributed by atoms with van der Waals surface area (Å²) in [6.45, 7) is 1.47. The predicted molar refractivity (Wildman–Crippen MR) is 68.3 cm³/mol. The topological polar surface area (TPSA) is 42.4 Å². The third-order valence-electron chi connectivity index (χ3n) is 3.23. The Morgan fingerprint density at radius 2 is 2.35 bits per heavy atom. The molecule has 4 heteroatoms. The van der Waals surface area contributed by atoms with Crippen molar-refractivity contribution >= 4 is 21.6 Å². The standard InChI is InChI=1S/C13H15NO2S/c15-11(9-5-6-16-8-9)7-13-14-10-3-1-2-4-12(10)17-13/h1-4,9,11,15H,5-8H2. The van der Waals surface area contributed by atoms with Crippen molar-refractivity contribution < 1.29 is 9.84 Å². The van der Waals surface area contributed by atoms with Crippen molar-refractivity contribution in [3.05, 3.63) is 29.3 Å². The van der Waals surface area contributed by atoms with E-state index in [4.69, 9.17) is 4.74 Å². The van der Waals surface area contributed by atoms with Crippen molar-refractivity contribution in [3.63, 3.8) is 0 Å². The molecular weight excluding hydrogens is 234 g/mol. The van der Waals surface area contributed by atoms with Gasteiger partial charge in [0.25, 0.3) is 0 Å². The molecule has 1 aliphatic heterocycles. The molecule has 90 valence electrons. The minimum Gasteiger partial charge on any atom is -0.392 e. The van der Waals surface area contributed by atoms with Gasteiger partial charge in [-0.3, -0.25) is 0 Å². The van der Waals surface area contributed by atoms with Crippen molar-refractivity contribution in [2.24, 2.45) is 5.92 Å². The van der Waals surface area contributed by atoms with E-state index in [1.807, 2.05) is 18.2 Å². The van der Waals surface area contributed by atoms with E-state index < -0.39 is 0 Å². The molecule has 0 saturated carbocycles. The summed E-state index contributed by atoms with van der Waals surface area (Å²) in [5, 5.41) is 11.1. The van der Waals surface area contributed by atoms with Crippen LogP contribution in [0.25, 0.3) is 10.2 Å². The first-order chi connectivity index (χ1) is 8.33. The van der Waals surface area contributed by atoms with Crippen LogP contribution in [0.3, 0.4) is 0 Å². The molecule has 2 atom stereocenters. The zero-order valence-electron chi connectivity index (χ0n) is 9.50. The van der Waals surface area contributed by atoms with Gasteiger partial charge < -0.3 is 9.84 Å². The predicted octanol–water partition coefficient (Wildman–Crippen LogP) is 2.24. The van der Waals surface area contributed by atoms with Gasteiger partial charge >= 0.3 is 0 Å². The van der Waals surface area contributed by atoms with Crippen LogP contribution in [-0.2, 0) is 11.2 Å². The molecule has 1 aliphatic rings. The maximum Gasteiger partial charge on any atom is 0.0964 e. The quantitative estimate of drug-likeness (QED) is 0.907. The number of hydrogen-bond donors (Lipinski definition) is 1. The summed E-state index contributed by atoms with van der Waals surface area (Å²) < 4.78 is 6.49. The number of fused-ring (bicyclic) bond motifs is 1. The Morgan fingerprint density at radius 3 is 3.12 bits per heavy atom. The highest BCUT2D eigenvalue weighted by Crippen LogP contribution is 2.25. The summed E-state index contributed by atoms with van der Waals surface area (Å²) in [6, 6.07) is 8.10. The monoisotopic (exact) mass is 249 g/mol. The number of nitrogens with zero attached hydrogens (tertiary/aromatic N) is 1. The molecule has 2 heterocycles. The Kier molecular flexibility index (Phi) is 3.09. The second-order valence-electron chi connectivity index (χ2n) is 4.47. The minimum absolute atomic E-state index is 0.280. The van der Waals surface area contributed by atoms with E-state index >= 15 is 0 Å². The van der Waals surface area contributed by atoms with Gasteiger partial charge in [0.2, 0.25) is 0 Å². The van der Waals surface area contributed by atoms with Crippen LogP contribution < -0.4 is 0 Å². The molecule has 1 fully saturated rings. The Bertz CT molecular complexity index is 472. The van der Waals surface area contributed by atoms with Gasteiger partial charge in [0.05, 0.1) is 27.9 Å². The van der Waals surface area contributed by atoms with Gasteiger partial charge in [-0.15, -0.1) is 11.3 Å². The Labute approximate surface area is 104 Å². The molecule has 3 rings (SSSR count). The molecule has 1 saturated heterocycles. The van der Waals surface area contributed by atoms with E-state index in [0.29, 0.717) is 13.0 Å². The molecule has 1 N–H and O–H groups in total. The van der Waals surface area contributed by atoms with Crippen molar-refractivity contribution in [1.29, 1.82) is 0 Å². The lowest BCUT2D eigenvalue weighted by Crippen LogP contribution is -2.22. The van der Waals surface area contributed by atoms with E-state index in [-0.39, 0.29) is 12.0 Å². The smallest absolute Gasteiger partial charge is 0.0964 e. The summed E-state index contributed by atoms with van der Waals surface area (Å²) >= 11 is 1.67. The molecule has 0 radical (unpaired) electrons. The molecule has 0 aliphatic carbocycles. The Hall–Kier alpha value is -0.970. The van der Waals surface area contributed by atoms with Gasteiger partial charge in [0, 0.05) is 18.9 Å². The van der Waals surface area contributed by atoms with Crippen molar-refractivity contribution in [3.8, 4) is 0 Å². The lowest BCUT2D eigenvalue weighted by molar-refractivity contribution is 0.0918. The summed E-state index contributed by atoms with van der Waals surface area (Å²) in [7, 11) is 0. The van der Waals surface area contributed by atoms with Crippen LogP contribution in [0.4, 0.5) is 0 Å². The second-order valence-corrected chi connectivity index (χ2v) is 5.59. The van der Waals surface area contributed by atoms with Crippen molar-refractivity contribution in [2.75, 3.05) is 13.2 Å². The lowest BCUT2D eigenvalue weighted by Gasteiger charge is -2.14. The first kappa shape index (κ1) is 11.1. The number of benzene rings is 1. The van der Waals surface area contributed by atoms with E-state index in [2.05, 4.69) is 11.1 Å². The van der Waals surface area contributed by atoms with Gasteiger partial charge in [0.15, 0.2) is 0 Å². The van der Waals surface area contributed by atoms with E-state index in [1.165, 1.54) is 4.70 Å². The molecule has 17 heavy (non-hydrogen) atoms. The number of aliphatic hydroxyl groups is 1. The van der Waals surface area contributed by atoms with Crippen molar-refractivity contribution in [2.45, 2.75) is 18.9 Å². The molecule has 0 spiro atoms. The highest BCUT2D eigenvalue weighted by atomic mass is 32.1. The fourth-order valence-corrected chi connectivity index (χ4v) is 3.23. The highest BCUT2D eigenvalue weighted by Gasteiger charge is 2.24. The lowest BCUT2D eigenvalue weighted by atomic mass is 10.00. The summed E-state index contributed by atoms with van der Waals surface area (Å²) in [4.78, 5) is 4.54. The number of hydrogen-bond acceptors (Lipinski definition) is 4. The van der Waals surface area contributed by atoms with Gasteiger partial charge in [-0.25, -0.2) is 4.98 Å². The van der Waals surface area contributed by atoms with Crippen LogP contribution >= 0.6 is 11.3 Å². The number of rotatable bonds is 3. The van der Waals surface area contributed by atoms with Crippen LogP contribution in [-0.4, -0.2) is 29.4 Å². The molecular formula is C13H15NO2S. The molecule has 0 bridgehead atoms. The average Bonchev–Trinajstić information content (AvgIpc) is 2.97. The second kappa shape index (κ2) is 4.72. The number of aliphatic hydroxyl groups excluding tert-OH is 1. The van der Waals surface area contributed by atoms with Crippen LogP contribution in [0.2, 0.25) is 0 Å². The molecule has 2 aromatic rings. The minimum atomic E-state index is -0.321. The zero-order valence-corrected chi connectivity index (χ0v) is 10.3. The van der Waals surface area contributed by atoms with Gasteiger partial charge in [-0.1, -0.05) is 12.1 Å². The Balaban J connectivity index is 1.75.